The standard InChI is InChI=1S/C17H17FN4OS/c1-24-10-8-14(16-21-20-15-7-2-3-9-22(15)16)19-17(23)12-5-4-6-13(18)11-12/h2-7,9,11,14H,8,10H2,1H3,(H,19,23). The number of thioether (sulfide) groups is 1. The van der Waals surface area contributed by atoms with Gasteiger partial charge in [-0.1, -0.05) is 12.1 Å². The van der Waals surface area contributed by atoms with Crippen molar-refractivity contribution in [3.8, 4) is 0 Å². The van der Waals surface area contributed by atoms with Crippen LogP contribution in [0.15, 0.2) is 48.7 Å². The Labute approximate surface area is 143 Å². The average Bonchev–Trinajstić information content (AvgIpc) is 3.02. The second-order valence-corrected chi connectivity index (χ2v) is 6.29. The molecule has 1 unspecified atom stereocenters. The lowest BCUT2D eigenvalue weighted by Crippen LogP contribution is -2.30. The molecule has 0 aliphatic carbocycles. The molecule has 5 nitrogen and oxygen atoms in total. The van der Waals surface area contributed by atoms with Crippen molar-refractivity contribution in [2.24, 2.45) is 0 Å². The van der Waals surface area contributed by atoms with Crippen LogP contribution in [-0.4, -0.2) is 32.5 Å². The quantitative estimate of drug-likeness (QED) is 0.746. The predicted molar refractivity (Wildman–Crippen MR) is 92.6 cm³/mol. The van der Waals surface area contributed by atoms with E-state index in [1.165, 1.54) is 18.2 Å². The Hall–Kier alpha value is -2.41. The van der Waals surface area contributed by atoms with Gasteiger partial charge in [-0.05, 0) is 48.8 Å². The molecule has 1 atom stereocenters. The molecule has 0 spiro atoms. The molecule has 1 N–H and O–H groups in total. The third kappa shape index (κ3) is 3.56. The maximum atomic E-state index is 13.3. The molecule has 3 rings (SSSR count). The van der Waals surface area contributed by atoms with Crippen molar-refractivity contribution in [2.45, 2.75) is 12.5 Å². The Bertz CT molecular complexity index is 851. The van der Waals surface area contributed by atoms with Crippen molar-refractivity contribution in [3.63, 3.8) is 0 Å². The molecule has 0 saturated heterocycles. The highest BCUT2D eigenvalue weighted by molar-refractivity contribution is 7.98. The summed E-state index contributed by atoms with van der Waals surface area (Å²) in [5.41, 5.74) is 1.01. The van der Waals surface area contributed by atoms with Gasteiger partial charge in [-0.3, -0.25) is 9.20 Å². The van der Waals surface area contributed by atoms with Crippen LogP contribution in [0.2, 0.25) is 0 Å². The number of carbonyl (C=O) groups excluding carboxylic acids is 1. The summed E-state index contributed by atoms with van der Waals surface area (Å²) >= 11 is 1.69. The Morgan fingerprint density at radius 1 is 1.29 bits per heavy atom. The van der Waals surface area contributed by atoms with Crippen molar-refractivity contribution >= 4 is 23.3 Å². The number of fused-ring (bicyclic) bond motifs is 1. The number of hydrogen-bond acceptors (Lipinski definition) is 4. The first-order chi connectivity index (χ1) is 11.7. The van der Waals surface area contributed by atoms with E-state index < -0.39 is 5.82 Å². The molecule has 7 heteroatoms. The van der Waals surface area contributed by atoms with Gasteiger partial charge in [0.15, 0.2) is 11.5 Å². The summed E-state index contributed by atoms with van der Waals surface area (Å²) in [4.78, 5) is 12.5. The number of benzene rings is 1. The number of carbonyl (C=O) groups is 1. The zero-order valence-electron chi connectivity index (χ0n) is 13.1. The number of rotatable bonds is 6. The van der Waals surface area contributed by atoms with Gasteiger partial charge in [0.05, 0.1) is 6.04 Å². The van der Waals surface area contributed by atoms with Gasteiger partial charge in [0.2, 0.25) is 0 Å². The number of nitrogens with zero attached hydrogens (tertiary/aromatic N) is 3. The van der Waals surface area contributed by atoms with E-state index >= 15 is 0 Å². The zero-order chi connectivity index (χ0) is 16.9. The normalized spacial score (nSPS) is 12.2. The highest BCUT2D eigenvalue weighted by Gasteiger charge is 2.21. The topological polar surface area (TPSA) is 59.3 Å². The van der Waals surface area contributed by atoms with Gasteiger partial charge in [0, 0.05) is 11.8 Å². The van der Waals surface area contributed by atoms with E-state index in [9.17, 15) is 9.18 Å². The van der Waals surface area contributed by atoms with Gasteiger partial charge in [-0.2, -0.15) is 11.8 Å². The summed E-state index contributed by atoms with van der Waals surface area (Å²) in [6.45, 7) is 0. The van der Waals surface area contributed by atoms with Gasteiger partial charge >= 0.3 is 0 Å². The van der Waals surface area contributed by atoms with E-state index in [0.717, 1.165) is 11.4 Å². The second kappa shape index (κ2) is 7.44. The molecule has 2 heterocycles. The van der Waals surface area contributed by atoms with Crippen LogP contribution >= 0.6 is 11.8 Å². The number of amides is 1. The fourth-order valence-corrected chi connectivity index (χ4v) is 2.94. The van der Waals surface area contributed by atoms with E-state index in [1.54, 1.807) is 17.8 Å². The number of pyridine rings is 1. The van der Waals surface area contributed by atoms with E-state index in [0.29, 0.717) is 12.2 Å². The summed E-state index contributed by atoms with van der Waals surface area (Å²) in [5, 5.41) is 11.3. The molecule has 0 fully saturated rings. The molecule has 0 bridgehead atoms. The number of hydrogen-bond donors (Lipinski definition) is 1. The third-order valence-corrected chi connectivity index (χ3v) is 4.30. The van der Waals surface area contributed by atoms with Crippen molar-refractivity contribution in [1.29, 1.82) is 0 Å². The van der Waals surface area contributed by atoms with Gasteiger partial charge in [-0.15, -0.1) is 10.2 Å². The molecule has 2 aromatic heterocycles. The fraction of sp³-hybridized carbons (Fsp3) is 0.235. The first-order valence-corrected chi connectivity index (χ1v) is 8.93. The van der Waals surface area contributed by atoms with Crippen molar-refractivity contribution in [2.75, 3.05) is 12.0 Å². The van der Waals surface area contributed by atoms with Gasteiger partial charge in [0.25, 0.3) is 5.91 Å². The lowest BCUT2D eigenvalue weighted by molar-refractivity contribution is 0.0933. The van der Waals surface area contributed by atoms with Crippen LogP contribution < -0.4 is 5.32 Å². The summed E-state index contributed by atoms with van der Waals surface area (Å²) in [5.74, 6) is 0.768. The summed E-state index contributed by atoms with van der Waals surface area (Å²) in [6.07, 6.45) is 4.58. The van der Waals surface area contributed by atoms with Crippen LogP contribution in [0.5, 0.6) is 0 Å². The Morgan fingerprint density at radius 3 is 2.96 bits per heavy atom. The predicted octanol–water partition coefficient (Wildman–Crippen LogP) is 3.09. The lowest BCUT2D eigenvalue weighted by Gasteiger charge is -2.17. The molecule has 1 amide bonds. The largest absolute Gasteiger partial charge is 0.342 e. The molecule has 24 heavy (non-hydrogen) atoms. The number of nitrogens with one attached hydrogen (secondary N) is 1. The molecule has 0 aliphatic rings. The zero-order valence-corrected chi connectivity index (χ0v) is 14.0. The van der Waals surface area contributed by atoms with E-state index in [-0.39, 0.29) is 17.5 Å². The molecule has 1 aromatic carbocycles. The first-order valence-electron chi connectivity index (χ1n) is 7.54. The Balaban J connectivity index is 1.88. The van der Waals surface area contributed by atoms with Gasteiger partial charge in [-0.25, -0.2) is 4.39 Å². The highest BCUT2D eigenvalue weighted by Crippen LogP contribution is 2.19. The van der Waals surface area contributed by atoms with Crippen molar-refractivity contribution in [1.82, 2.24) is 19.9 Å². The van der Waals surface area contributed by atoms with Gasteiger partial charge in [0.1, 0.15) is 5.82 Å². The van der Waals surface area contributed by atoms with Crippen LogP contribution in [-0.2, 0) is 0 Å². The SMILES string of the molecule is CSCCC(NC(=O)c1cccc(F)c1)c1nnc2ccccn12. The maximum Gasteiger partial charge on any atom is 0.251 e. The molecular weight excluding hydrogens is 327 g/mol. The molecule has 3 aromatic rings. The van der Waals surface area contributed by atoms with E-state index in [2.05, 4.69) is 15.5 Å². The average molecular weight is 344 g/mol. The molecule has 0 saturated carbocycles. The fourth-order valence-electron chi connectivity index (χ4n) is 2.47. The monoisotopic (exact) mass is 344 g/mol. The highest BCUT2D eigenvalue weighted by atomic mass is 32.2. The van der Waals surface area contributed by atoms with E-state index in [4.69, 9.17) is 0 Å². The summed E-state index contributed by atoms with van der Waals surface area (Å²) in [7, 11) is 0. The number of halogens is 1. The van der Waals surface area contributed by atoms with Crippen LogP contribution in [0, 0.1) is 5.82 Å². The minimum Gasteiger partial charge on any atom is -0.342 e. The smallest absolute Gasteiger partial charge is 0.251 e. The molecule has 0 radical (unpaired) electrons. The van der Waals surface area contributed by atoms with Crippen LogP contribution in [0.4, 0.5) is 4.39 Å². The number of aromatic nitrogens is 3. The third-order valence-electron chi connectivity index (χ3n) is 3.65. The summed E-state index contributed by atoms with van der Waals surface area (Å²) in [6, 6.07) is 11.0. The summed E-state index contributed by atoms with van der Waals surface area (Å²) < 4.78 is 15.2. The molecule has 124 valence electrons. The molecular formula is C17H17FN4OS. The Morgan fingerprint density at radius 2 is 2.17 bits per heavy atom. The van der Waals surface area contributed by atoms with Crippen LogP contribution in [0.25, 0.3) is 5.65 Å². The van der Waals surface area contributed by atoms with Crippen LogP contribution in [0.1, 0.15) is 28.6 Å². The second-order valence-electron chi connectivity index (χ2n) is 5.30. The van der Waals surface area contributed by atoms with Crippen molar-refractivity contribution < 1.29 is 9.18 Å². The first kappa shape index (κ1) is 16.4. The Kier molecular flexibility index (Phi) is 5.10. The van der Waals surface area contributed by atoms with Crippen molar-refractivity contribution in [3.05, 3.63) is 65.9 Å². The minimum absolute atomic E-state index is 0.290. The lowest BCUT2D eigenvalue weighted by atomic mass is 10.1. The minimum atomic E-state index is -0.434. The van der Waals surface area contributed by atoms with Gasteiger partial charge < -0.3 is 5.32 Å². The maximum absolute atomic E-state index is 13.3. The van der Waals surface area contributed by atoms with Crippen LogP contribution in [0.3, 0.4) is 0 Å². The van der Waals surface area contributed by atoms with E-state index in [1.807, 2.05) is 35.1 Å². The molecule has 0 aliphatic heterocycles.